The van der Waals surface area contributed by atoms with Crippen molar-refractivity contribution < 1.29 is 31.1 Å². The molecule has 0 aliphatic carbocycles. The van der Waals surface area contributed by atoms with E-state index in [1.807, 2.05) is 0 Å². The van der Waals surface area contributed by atoms with Crippen LogP contribution >= 0.6 is 0 Å². The summed E-state index contributed by atoms with van der Waals surface area (Å²) in [6, 6.07) is -2.25. The predicted molar refractivity (Wildman–Crippen MR) is 71.9 cm³/mol. The van der Waals surface area contributed by atoms with E-state index in [0.29, 0.717) is 6.92 Å². The van der Waals surface area contributed by atoms with Crippen molar-refractivity contribution in [3.8, 4) is 0 Å². The Morgan fingerprint density at radius 2 is 2.00 bits per heavy atom. The number of hydrogen-bond donors (Lipinski definition) is 1. The lowest BCUT2D eigenvalue weighted by Gasteiger charge is -2.17. The number of sulfonamides is 1. The maximum Gasteiger partial charge on any atom is 0.404 e. The third-order valence-electron chi connectivity index (χ3n) is 2.97. The van der Waals surface area contributed by atoms with E-state index in [4.69, 9.17) is 4.74 Å². The summed E-state index contributed by atoms with van der Waals surface area (Å²) in [6.45, 7) is 3.70. The molecule has 0 saturated carbocycles. The number of hydrogen-bond acceptors (Lipinski definition) is 4. The van der Waals surface area contributed by atoms with Crippen molar-refractivity contribution in [2.45, 2.75) is 37.9 Å². The molecule has 0 radical (unpaired) electrons. The minimum Gasteiger partial charge on any atom is -0.461 e. The van der Waals surface area contributed by atoms with Gasteiger partial charge in [-0.25, -0.2) is 13.2 Å². The van der Waals surface area contributed by atoms with Crippen LogP contribution in [0.1, 0.15) is 29.9 Å². The smallest absolute Gasteiger partial charge is 0.404 e. The number of nitrogens with one attached hydrogen (secondary N) is 1. The van der Waals surface area contributed by atoms with E-state index in [0.717, 1.165) is 6.20 Å². The van der Waals surface area contributed by atoms with Crippen LogP contribution in [0, 0.1) is 6.92 Å². The number of aryl methyl sites for hydroxylation is 1. The van der Waals surface area contributed by atoms with Crippen molar-refractivity contribution in [1.29, 1.82) is 0 Å². The topological polar surface area (TPSA) is 77.4 Å². The molecule has 1 unspecified atom stereocenters. The molecule has 0 fully saturated rings. The molecule has 126 valence electrons. The summed E-state index contributed by atoms with van der Waals surface area (Å²) in [6.07, 6.45) is -3.63. The third-order valence-corrected chi connectivity index (χ3v) is 4.62. The Bertz CT molecular complexity index is 665. The van der Waals surface area contributed by atoms with Crippen LogP contribution < -0.4 is 4.72 Å². The second-order valence-corrected chi connectivity index (χ2v) is 6.37. The van der Waals surface area contributed by atoms with Crippen LogP contribution in [0.2, 0.25) is 0 Å². The molecule has 22 heavy (non-hydrogen) atoms. The van der Waals surface area contributed by atoms with Gasteiger partial charge in [0.05, 0.1) is 6.61 Å². The molecule has 0 spiro atoms. The number of esters is 1. The maximum atomic E-state index is 12.5. The maximum absolute atomic E-state index is 12.5. The van der Waals surface area contributed by atoms with E-state index >= 15 is 0 Å². The highest BCUT2D eigenvalue weighted by Crippen LogP contribution is 2.25. The normalized spacial score (nSPS) is 14.0. The van der Waals surface area contributed by atoms with Crippen molar-refractivity contribution >= 4 is 16.0 Å². The fourth-order valence-electron chi connectivity index (χ4n) is 1.85. The number of carbonyl (C=O) groups excluding carboxylic acids is 1. The molecule has 1 aromatic heterocycles. The summed E-state index contributed by atoms with van der Waals surface area (Å²) >= 11 is 0. The zero-order valence-electron chi connectivity index (χ0n) is 12.5. The second-order valence-electron chi connectivity index (χ2n) is 4.68. The van der Waals surface area contributed by atoms with Crippen molar-refractivity contribution in [3.63, 3.8) is 0 Å². The van der Waals surface area contributed by atoms with E-state index in [-0.39, 0.29) is 17.9 Å². The van der Waals surface area contributed by atoms with E-state index in [2.05, 4.69) is 0 Å². The van der Waals surface area contributed by atoms with Gasteiger partial charge in [-0.2, -0.15) is 17.9 Å². The van der Waals surface area contributed by atoms with Gasteiger partial charge < -0.3 is 9.30 Å². The average molecular weight is 342 g/mol. The first-order chi connectivity index (χ1) is 9.91. The Morgan fingerprint density at radius 3 is 2.45 bits per heavy atom. The first-order valence-corrected chi connectivity index (χ1v) is 7.82. The number of halogens is 3. The van der Waals surface area contributed by atoms with Crippen molar-refractivity contribution in [2.75, 3.05) is 6.61 Å². The average Bonchev–Trinajstić information content (AvgIpc) is 2.64. The molecule has 0 saturated heterocycles. The van der Waals surface area contributed by atoms with Crippen molar-refractivity contribution in [2.24, 2.45) is 7.05 Å². The van der Waals surface area contributed by atoms with Crippen LogP contribution in [0.4, 0.5) is 13.2 Å². The summed E-state index contributed by atoms with van der Waals surface area (Å²) in [5.74, 6) is -0.743. The Kier molecular flexibility index (Phi) is 5.29. The van der Waals surface area contributed by atoms with Gasteiger partial charge in [-0.1, -0.05) is 0 Å². The van der Waals surface area contributed by atoms with Crippen molar-refractivity contribution in [1.82, 2.24) is 9.29 Å². The molecule has 1 atom stereocenters. The number of rotatable bonds is 5. The summed E-state index contributed by atoms with van der Waals surface area (Å²) in [7, 11) is -3.01. The van der Waals surface area contributed by atoms with Gasteiger partial charge in [0.25, 0.3) is 0 Å². The van der Waals surface area contributed by atoms with Crippen LogP contribution in [0.15, 0.2) is 11.1 Å². The standard InChI is InChI=1S/C12H17F3N2O4S/c1-5-21-11(18)10-7(2)9(6-17(10)4)22(19,20)16-8(3)12(13,14)15/h6,8,16H,5H2,1-4H3. The van der Waals surface area contributed by atoms with Gasteiger partial charge in [-0.05, 0) is 20.8 Å². The number of aromatic nitrogens is 1. The van der Waals surface area contributed by atoms with Gasteiger partial charge in [-0.3, -0.25) is 0 Å². The fraction of sp³-hybridized carbons (Fsp3) is 0.583. The minimum absolute atomic E-state index is 0.0260. The molecule has 1 aromatic rings. The molecule has 1 heterocycles. The molecule has 0 amide bonds. The fourth-order valence-corrected chi connectivity index (χ4v) is 3.37. The first kappa shape index (κ1) is 18.5. The summed E-state index contributed by atoms with van der Waals surface area (Å²) in [5.41, 5.74) is 0.00436. The Labute approximate surface area is 126 Å². The van der Waals surface area contributed by atoms with E-state index in [1.54, 1.807) is 11.6 Å². The van der Waals surface area contributed by atoms with Gasteiger partial charge in [0.2, 0.25) is 10.0 Å². The molecule has 1 rings (SSSR count). The predicted octanol–water partition coefficient (Wildman–Crippen LogP) is 1.74. The molecule has 0 aromatic carbocycles. The van der Waals surface area contributed by atoms with Crippen LogP contribution in [0.25, 0.3) is 0 Å². The SMILES string of the molecule is CCOC(=O)c1c(C)c(S(=O)(=O)NC(C)C(F)(F)F)cn1C. The Hall–Kier alpha value is -1.55. The molecule has 6 nitrogen and oxygen atoms in total. The Balaban J connectivity index is 3.23. The largest absolute Gasteiger partial charge is 0.461 e. The highest BCUT2D eigenvalue weighted by Gasteiger charge is 2.39. The zero-order valence-corrected chi connectivity index (χ0v) is 13.3. The second kappa shape index (κ2) is 6.29. The monoisotopic (exact) mass is 342 g/mol. The van der Waals surface area contributed by atoms with Gasteiger partial charge >= 0.3 is 12.1 Å². The zero-order chi connectivity index (χ0) is 17.3. The Morgan fingerprint density at radius 1 is 1.45 bits per heavy atom. The highest BCUT2D eigenvalue weighted by molar-refractivity contribution is 7.89. The van der Waals surface area contributed by atoms with Gasteiger partial charge in [0.15, 0.2) is 0 Å². The third kappa shape index (κ3) is 3.80. The summed E-state index contributed by atoms with van der Waals surface area (Å²) in [4.78, 5) is 11.4. The lowest BCUT2D eigenvalue weighted by atomic mass is 10.3. The molecule has 1 N–H and O–H groups in total. The molecule has 0 bridgehead atoms. The van der Waals surface area contributed by atoms with Gasteiger partial charge in [-0.15, -0.1) is 0 Å². The number of alkyl halides is 3. The van der Waals surface area contributed by atoms with E-state index in [9.17, 15) is 26.4 Å². The van der Waals surface area contributed by atoms with Gasteiger partial charge in [0, 0.05) is 18.8 Å². The molecular formula is C12H17F3N2O4S. The highest BCUT2D eigenvalue weighted by atomic mass is 32.2. The van der Waals surface area contributed by atoms with Gasteiger partial charge in [0.1, 0.15) is 16.6 Å². The van der Waals surface area contributed by atoms with Crippen LogP contribution in [-0.2, 0) is 21.8 Å². The molecule has 0 aliphatic rings. The van der Waals surface area contributed by atoms with Crippen molar-refractivity contribution in [3.05, 3.63) is 17.5 Å². The number of ether oxygens (including phenoxy) is 1. The quantitative estimate of drug-likeness (QED) is 0.827. The van der Waals surface area contributed by atoms with Crippen LogP contribution in [0.5, 0.6) is 0 Å². The number of carbonyl (C=O) groups is 1. The lowest BCUT2D eigenvalue weighted by Crippen LogP contribution is -2.43. The molecule has 10 heteroatoms. The summed E-state index contributed by atoms with van der Waals surface area (Å²) < 4.78 is 69.2. The molecule has 0 aliphatic heterocycles. The van der Waals surface area contributed by atoms with Crippen LogP contribution in [-0.4, -0.2) is 37.8 Å². The summed E-state index contributed by atoms with van der Waals surface area (Å²) in [5, 5.41) is 0. The molecular weight excluding hydrogens is 325 g/mol. The lowest BCUT2D eigenvalue weighted by molar-refractivity contribution is -0.147. The number of nitrogens with zero attached hydrogens (tertiary/aromatic N) is 1. The van der Waals surface area contributed by atoms with E-state index in [1.165, 1.54) is 18.5 Å². The minimum atomic E-state index is -4.71. The van der Waals surface area contributed by atoms with E-state index < -0.39 is 33.1 Å². The first-order valence-electron chi connectivity index (χ1n) is 6.33. The van der Waals surface area contributed by atoms with Crippen LogP contribution in [0.3, 0.4) is 0 Å².